The predicted molar refractivity (Wildman–Crippen MR) is 95.7 cm³/mol. The summed E-state index contributed by atoms with van der Waals surface area (Å²) in [6, 6.07) is 14.1. The molecule has 0 unspecified atom stereocenters. The van der Waals surface area contributed by atoms with Crippen LogP contribution in [0, 0.1) is 0 Å². The fourth-order valence-corrected chi connectivity index (χ4v) is 2.45. The lowest BCUT2D eigenvalue weighted by atomic mass is 10.1. The third-order valence-electron chi connectivity index (χ3n) is 3.80. The minimum absolute atomic E-state index is 0.267. The molecule has 2 aromatic rings. The lowest BCUT2D eigenvalue weighted by Crippen LogP contribution is -2.21. The molecule has 0 saturated carbocycles. The maximum atomic E-state index is 12.3. The van der Waals surface area contributed by atoms with Gasteiger partial charge >= 0.3 is 5.97 Å². The molecule has 2 rings (SSSR count). The first-order chi connectivity index (χ1) is 11.6. The van der Waals surface area contributed by atoms with E-state index in [2.05, 4.69) is 28.8 Å². The number of carbonyl (C=O) groups is 2. The average molecular weight is 326 g/mol. The highest BCUT2D eigenvalue weighted by Crippen LogP contribution is 2.18. The van der Waals surface area contributed by atoms with Crippen molar-refractivity contribution in [3.63, 3.8) is 0 Å². The average Bonchev–Trinajstić information content (AvgIpc) is 2.63. The topological polar surface area (TPSA) is 58.6 Å². The minimum Gasteiger partial charge on any atom is -0.465 e. The Kier molecular flexibility index (Phi) is 5.95. The quantitative estimate of drug-likeness (QED) is 0.825. The van der Waals surface area contributed by atoms with Crippen LogP contribution < -0.4 is 10.2 Å². The molecular formula is C19H22N2O3. The summed E-state index contributed by atoms with van der Waals surface area (Å²) in [5, 5.41) is 2.83. The zero-order chi connectivity index (χ0) is 17.5. The van der Waals surface area contributed by atoms with Gasteiger partial charge in [-0.15, -0.1) is 0 Å². The molecule has 0 heterocycles. The number of nitrogens with one attached hydrogen (secondary N) is 1. The van der Waals surface area contributed by atoms with Crippen LogP contribution >= 0.6 is 0 Å². The second-order valence-electron chi connectivity index (χ2n) is 5.25. The van der Waals surface area contributed by atoms with Crippen molar-refractivity contribution in [2.75, 3.05) is 30.4 Å². The number of anilines is 2. The molecule has 0 aliphatic heterocycles. The molecule has 5 heteroatoms. The van der Waals surface area contributed by atoms with Crippen molar-refractivity contribution in [2.24, 2.45) is 0 Å². The van der Waals surface area contributed by atoms with E-state index in [0.717, 1.165) is 18.8 Å². The van der Waals surface area contributed by atoms with E-state index in [4.69, 9.17) is 0 Å². The lowest BCUT2D eigenvalue weighted by Gasteiger charge is -2.21. The fourth-order valence-electron chi connectivity index (χ4n) is 2.45. The largest absolute Gasteiger partial charge is 0.465 e. The smallest absolute Gasteiger partial charge is 0.337 e. The van der Waals surface area contributed by atoms with Gasteiger partial charge in [0, 0.05) is 30.0 Å². The van der Waals surface area contributed by atoms with E-state index in [9.17, 15) is 9.59 Å². The van der Waals surface area contributed by atoms with E-state index >= 15 is 0 Å². The summed E-state index contributed by atoms with van der Waals surface area (Å²) >= 11 is 0. The van der Waals surface area contributed by atoms with E-state index in [-0.39, 0.29) is 5.91 Å². The second-order valence-corrected chi connectivity index (χ2v) is 5.25. The van der Waals surface area contributed by atoms with Crippen molar-refractivity contribution in [3.05, 3.63) is 59.7 Å². The van der Waals surface area contributed by atoms with Gasteiger partial charge in [0.15, 0.2) is 0 Å². The first kappa shape index (κ1) is 17.5. The van der Waals surface area contributed by atoms with Crippen LogP contribution in [0.5, 0.6) is 0 Å². The maximum Gasteiger partial charge on any atom is 0.337 e. The highest BCUT2D eigenvalue weighted by atomic mass is 16.5. The second kappa shape index (κ2) is 8.15. The van der Waals surface area contributed by atoms with Gasteiger partial charge in [0.1, 0.15) is 0 Å². The molecule has 0 bridgehead atoms. The number of esters is 1. The molecule has 1 N–H and O–H groups in total. The molecule has 1 amide bonds. The lowest BCUT2D eigenvalue weighted by molar-refractivity contribution is 0.0600. The first-order valence-electron chi connectivity index (χ1n) is 7.93. The summed E-state index contributed by atoms with van der Waals surface area (Å²) in [5.74, 6) is -0.732. The standard InChI is InChI=1S/C19H22N2O3/c1-4-21(5-2)17-11-9-16(10-12-17)20-18(22)14-7-6-8-15(13-14)19(23)24-3/h6-13H,4-5H2,1-3H3,(H,20,22). The number of rotatable bonds is 6. The Hall–Kier alpha value is -2.82. The van der Waals surface area contributed by atoms with Crippen molar-refractivity contribution in [1.29, 1.82) is 0 Å². The molecule has 0 atom stereocenters. The molecule has 0 aliphatic rings. The molecule has 126 valence electrons. The van der Waals surface area contributed by atoms with E-state index < -0.39 is 5.97 Å². The Morgan fingerprint density at radius 2 is 1.62 bits per heavy atom. The molecule has 0 aliphatic carbocycles. The van der Waals surface area contributed by atoms with Crippen LogP contribution in [0.4, 0.5) is 11.4 Å². The van der Waals surface area contributed by atoms with Crippen LogP contribution in [0.3, 0.4) is 0 Å². The van der Waals surface area contributed by atoms with Crippen LogP contribution in [0.2, 0.25) is 0 Å². The Morgan fingerprint density at radius 1 is 1.00 bits per heavy atom. The van der Waals surface area contributed by atoms with Crippen molar-refractivity contribution in [2.45, 2.75) is 13.8 Å². The van der Waals surface area contributed by atoms with Crippen LogP contribution in [-0.4, -0.2) is 32.1 Å². The number of benzene rings is 2. The van der Waals surface area contributed by atoms with Crippen molar-refractivity contribution in [3.8, 4) is 0 Å². The summed E-state index contributed by atoms with van der Waals surface area (Å²) < 4.78 is 4.67. The SMILES string of the molecule is CCN(CC)c1ccc(NC(=O)c2cccc(C(=O)OC)c2)cc1. The summed E-state index contributed by atoms with van der Waals surface area (Å²) in [7, 11) is 1.31. The fraction of sp³-hybridized carbons (Fsp3) is 0.263. The van der Waals surface area contributed by atoms with Crippen molar-refractivity contribution >= 4 is 23.3 Å². The highest BCUT2D eigenvalue weighted by molar-refractivity contribution is 6.05. The zero-order valence-corrected chi connectivity index (χ0v) is 14.2. The van der Waals surface area contributed by atoms with Crippen LogP contribution in [-0.2, 0) is 4.74 Å². The molecule has 24 heavy (non-hydrogen) atoms. The number of nitrogens with zero attached hydrogens (tertiary/aromatic N) is 1. The zero-order valence-electron chi connectivity index (χ0n) is 14.2. The number of methoxy groups -OCH3 is 1. The highest BCUT2D eigenvalue weighted by Gasteiger charge is 2.11. The summed E-state index contributed by atoms with van der Waals surface area (Å²) in [6.45, 7) is 6.08. The Morgan fingerprint density at radius 3 is 2.21 bits per heavy atom. The van der Waals surface area contributed by atoms with Gasteiger partial charge < -0.3 is 15.0 Å². The number of carbonyl (C=O) groups excluding carboxylic acids is 2. The molecule has 0 saturated heterocycles. The number of hydrogen-bond acceptors (Lipinski definition) is 4. The van der Waals surface area contributed by atoms with E-state index in [1.54, 1.807) is 18.2 Å². The van der Waals surface area contributed by atoms with Gasteiger partial charge in [-0.1, -0.05) is 6.07 Å². The predicted octanol–water partition coefficient (Wildman–Crippen LogP) is 3.57. The Balaban J connectivity index is 2.11. The normalized spacial score (nSPS) is 10.1. The summed E-state index contributed by atoms with van der Waals surface area (Å²) in [6.07, 6.45) is 0. The Bertz CT molecular complexity index is 707. The van der Waals surface area contributed by atoms with Crippen LogP contribution in [0.15, 0.2) is 48.5 Å². The first-order valence-corrected chi connectivity index (χ1v) is 7.93. The molecule has 0 radical (unpaired) electrons. The van der Waals surface area contributed by atoms with E-state index in [0.29, 0.717) is 16.8 Å². The third-order valence-corrected chi connectivity index (χ3v) is 3.80. The molecule has 0 fully saturated rings. The van der Waals surface area contributed by atoms with Gasteiger partial charge in [0.2, 0.25) is 0 Å². The monoisotopic (exact) mass is 326 g/mol. The maximum absolute atomic E-state index is 12.3. The number of ether oxygens (including phenoxy) is 1. The summed E-state index contributed by atoms with van der Waals surface area (Å²) in [5.41, 5.74) is 2.58. The van der Waals surface area contributed by atoms with Crippen LogP contribution in [0.25, 0.3) is 0 Å². The third kappa shape index (κ3) is 4.13. The van der Waals surface area contributed by atoms with Gasteiger partial charge in [-0.2, -0.15) is 0 Å². The molecular weight excluding hydrogens is 304 g/mol. The van der Waals surface area contributed by atoms with Gasteiger partial charge in [0.25, 0.3) is 5.91 Å². The molecule has 0 aromatic heterocycles. The van der Waals surface area contributed by atoms with Crippen molar-refractivity contribution in [1.82, 2.24) is 0 Å². The van der Waals surface area contributed by atoms with E-state index in [1.807, 2.05) is 24.3 Å². The summed E-state index contributed by atoms with van der Waals surface area (Å²) in [4.78, 5) is 26.1. The van der Waals surface area contributed by atoms with Crippen molar-refractivity contribution < 1.29 is 14.3 Å². The minimum atomic E-state index is -0.465. The number of hydrogen-bond donors (Lipinski definition) is 1. The Labute approximate surface area is 142 Å². The van der Waals surface area contributed by atoms with E-state index in [1.165, 1.54) is 13.2 Å². The number of amides is 1. The van der Waals surface area contributed by atoms with Gasteiger partial charge in [0.05, 0.1) is 12.7 Å². The molecule has 5 nitrogen and oxygen atoms in total. The van der Waals surface area contributed by atoms with Gasteiger partial charge in [-0.05, 0) is 56.3 Å². The molecule has 2 aromatic carbocycles. The molecule has 0 spiro atoms. The van der Waals surface area contributed by atoms with Gasteiger partial charge in [-0.3, -0.25) is 4.79 Å². The van der Waals surface area contributed by atoms with Crippen LogP contribution in [0.1, 0.15) is 34.6 Å². The van der Waals surface area contributed by atoms with Gasteiger partial charge in [-0.25, -0.2) is 4.79 Å².